The average Bonchev–Trinajstić information content (AvgIpc) is 2.28. The third-order valence-corrected chi connectivity index (χ3v) is 2.94. The van der Waals surface area contributed by atoms with E-state index in [1.54, 1.807) is 0 Å². The molecule has 1 aromatic carbocycles. The van der Waals surface area contributed by atoms with Crippen molar-refractivity contribution >= 4 is 18.2 Å². The van der Waals surface area contributed by atoms with Crippen molar-refractivity contribution in [1.29, 1.82) is 0 Å². The molecule has 0 N–H and O–H groups in total. The first-order valence-electron chi connectivity index (χ1n) is 5.50. The Balaban J connectivity index is 2.48. The van der Waals surface area contributed by atoms with E-state index in [-0.39, 0.29) is 0 Å². The van der Waals surface area contributed by atoms with Crippen LogP contribution in [-0.2, 0) is 0 Å². The lowest BCUT2D eigenvalue weighted by molar-refractivity contribution is 1.21. The summed E-state index contributed by atoms with van der Waals surface area (Å²) in [5.74, 6) is 0. The molecule has 2 rings (SSSR count). The highest BCUT2D eigenvalue weighted by molar-refractivity contribution is 7.80. The maximum absolute atomic E-state index is 4.46. The Hall–Kier alpha value is -1.54. The van der Waals surface area contributed by atoms with Crippen LogP contribution in [0.2, 0.25) is 0 Å². The zero-order chi connectivity index (χ0) is 12.4. The van der Waals surface area contributed by atoms with E-state index in [2.05, 4.69) is 43.2 Å². The summed E-state index contributed by atoms with van der Waals surface area (Å²) >= 11 is 4.35. The zero-order valence-electron chi connectivity index (χ0n) is 10.1. The SMILES string of the molecule is C=C(C)c1ncc(-c2cccc(S)c2)cc1C. The van der Waals surface area contributed by atoms with Gasteiger partial charge in [0, 0.05) is 16.7 Å². The lowest BCUT2D eigenvalue weighted by atomic mass is 10.0. The molecule has 0 saturated heterocycles. The Bertz CT molecular complexity index is 573. The first-order chi connectivity index (χ1) is 8.08. The van der Waals surface area contributed by atoms with Gasteiger partial charge < -0.3 is 0 Å². The third kappa shape index (κ3) is 2.59. The molecule has 0 fully saturated rings. The van der Waals surface area contributed by atoms with E-state index in [0.29, 0.717) is 0 Å². The van der Waals surface area contributed by atoms with Crippen LogP contribution >= 0.6 is 12.6 Å². The van der Waals surface area contributed by atoms with Crippen LogP contribution in [0.4, 0.5) is 0 Å². The number of hydrogen-bond donors (Lipinski definition) is 1. The molecular formula is C15H15NS. The van der Waals surface area contributed by atoms with Crippen molar-refractivity contribution in [2.24, 2.45) is 0 Å². The molecule has 0 amide bonds. The third-order valence-electron chi connectivity index (χ3n) is 2.66. The second-order valence-corrected chi connectivity index (χ2v) is 4.74. The normalized spacial score (nSPS) is 10.3. The molecular weight excluding hydrogens is 226 g/mol. The largest absolute Gasteiger partial charge is 0.256 e. The van der Waals surface area contributed by atoms with Crippen molar-refractivity contribution in [1.82, 2.24) is 4.98 Å². The van der Waals surface area contributed by atoms with Crippen LogP contribution < -0.4 is 0 Å². The second kappa shape index (κ2) is 4.76. The van der Waals surface area contributed by atoms with Gasteiger partial charge in [0.15, 0.2) is 0 Å². The molecule has 0 bridgehead atoms. The van der Waals surface area contributed by atoms with Crippen molar-refractivity contribution in [3.63, 3.8) is 0 Å². The quantitative estimate of drug-likeness (QED) is 0.770. The van der Waals surface area contributed by atoms with Gasteiger partial charge in [0.1, 0.15) is 0 Å². The van der Waals surface area contributed by atoms with Gasteiger partial charge in [-0.15, -0.1) is 12.6 Å². The Labute approximate surface area is 108 Å². The number of hydrogen-bond acceptors (Lipinski definition) is 2. The minimum absolute atomic E-state index is 0.962. The monoisotopic (exact) mass is 241 g/mol. The highest BCUT2D eigenvalue weighted by atomic mass is 32.1. The summed E-state index contributed by atoms with van der Waals surface area (Å²) < 4.78 is 0. The van der Waals surface area contributed by atoms with E-state index >= 15 is 0 Å². The van der Waals surface area contributed by atoms with E-state index in [9.17, 15) is 0 Å². The van der Waals surface area contributed by atoms with Crippen LogP contribution in [0.1, 0.15) is 18.2 Å². The summed E-state index contributed by atoms with van der Waals surface area (Å²) in [5, 5.41) is 0. The van der Waals surface area contributed by atoms with Gasteiger partial charge in [-0.25, -0.2) is 0 Å². The maximum atomic E-state index is 4.46. The van der Waals surface area contributed by atoms with Crippen molar-refractivity contribution in [3.05, 3.63) is 54.4 Å². The maximum Gasteiger partial charge on any atom is 0.0682 e. The molecule has 0 aliphatic heterocycles. The number of pyridine rings is 1. The molecule has 2 heteroatoms. The van der Waals surface area contributed by atoms with Crippen LogP contribution in [0.15, 0.2) is 48.0 Å². The summed E-state index contributed by atoms with van der Waals surface area (Å²) in [6.45, 7) is 7.96. The molecule has 1 heterocycles. The molecule has 2 aromatic rings. The molecule has 86 valence electrons. The molecule has 0 unspecified atom stereocenters. The zero-order valence-corrected chi connectivity index (χ0v) is 11.0. The molecule has 1 aromatic heterocycles. The minimum atomic E-state index is 0.962. The number of allylic oxidation sites excluding steroid dienone is 1. The van der Waals surface area contributed by atoms with E-state index < -0.39 is 0 Å². The van der Waals surface area contributed by atoms with Gasteiger partial charge in [0.05, 0.1) is 5.69 Å². The molecule has 0 atom stereocenters. The topological polar surface area (TPSA) is 12.9 Å². The Kier molecular flexibility index (Phi) is 3.34. The van der Waals surface area contributed by atoms with Crippen molar-refractivity contribution in [2.45, 2.75) is 18.7 Å². The number of aromatic nitrogens is 1. The summed E-state index contributed by atoms with van der Waals surface area (Å²) in [5.41, 5.74) is 5.39. The highest BCUT2D eigenvalue weighted by Gasteiger charge is 2.04. The Morgan fingerprint density at radius 3 is 2.59 bits per heavy atom. The summed E-state index contributed by atoms with van der Waals surface area (Å²) in [6.07, 6.45) is 1.89. The van der Waals surface area contributed by atoms with E-state index in [4.69, 9.17) is 0 Å². The van der Waals surface area contributed by atoms with Crippen LogP contribution in [-0.4, -0.2) is 4.98 Å². The van der Waals surface area contributed by atoms with Crippen molar-refractivity contribution in [2.75, 3.05) is 0 Å². The standard InChI is InChI=1S/C15H15NS/c1-10(2)15-11(3)7-13(9-16-15)12-5-4-6-14(17)8-12/h4-9,17H,1H2,2-3H3. The molecule has 0 aliphatic carbocycles. The number of benzene rings is 1. The van der Waals surface area contributed by atoms with E-state index in [0.717, 1.165) is 32.9 Å². The Morgan fingerprint density at radius 1 is 1.24 bits per heavy atom. The fourth-order valence-electron chi connectivity index (χ4n) is 1.86. The number of rotatable bonds is 2. The highest BCUT2D eigenvalue weighted by Crippen LogP contribution is 2.24. The number of nitrogens with zero attached hydrogens (tertiary/aromatic N) is 1. The van der Waals surface area contributed by atoms with Gasteiger partial charge in [-0.05, 0) is 48.7 Å². The molecule has 0 aliphatic rings. The summed E-state index contributed by atoms with van der Waals surface area (Å²) in [7, 11) is 0. The minimum Gasteiger partial charge on any atom is -0.256 e. The summed E-state index contributed by atoms with van der Waals surface area (Å²) in [4.78, 5) is 5.42. The first kappa shape index (κ1) is 11.9. The van der Waals surface area contributed by atoms with Crippen molar-refractivity contribution in [3.8, 4) is 11.1 Å². The molecule has 0 radical (unpaired) electrons. The predicted octanol–water partition coefficient (Wildman–Crippen LogP) is 4.38. The lowest BCUT2D eigenvalue weighted by Gasteiger charge is -2.07. The van der Waals surface area contributed by atoms with Crippen LogP contribution in [0.25, 0.3) is 16.7 Å². The second-order valence-electron chi connectivity index (χ2n) is 4.22. The van der Waals surface area contributed by atoms with Gasteiger partial charge in [0.25, 0.3) is 0 Å². The number of thiol groups is 1. The van der Waals surface area contributed by atoms with Gasteiger partial charge in [-0.1, -0.05) is 18.7 Å². The van der Waals surface area contributed by atoms with Gasteiger partial charge in [0.2, 0.25) is 0 Å². The van der Waals surface area contributed by atoms with Gasteiger partial charge >= 0.3 is 0 Å². The van der Waals surface area contributed by atoms with Crippen LogP contribution in [0, 0.1) is 6.92 Å². The fraction of sp³-hybridized carbons (Fsp3) is 0.133. The lowest BCUT2D eigenvalue weighted by Crippen LogP contribution is -1.91. The molecule has 1 nitrogen and oxygen atoms in total. The fourth-order valence-corrected chi connectivity index (χ4v) is 2.09. The van der Waals surface area contributed by atoms with E-state index in [1.807, 2.05) is 31.3 Å². The summed E-state index contributed by atoms with van der Waals surface area (Å²) in [6, 6.07) is 10.2. The average molecular weight is 241 g/mol. The van der Waals surface area contributed by atoms with E-state index in [1.165, 1.54) is 0 Å². The van der Waals surface area contributed by atoms with Gasteiger partial charge in [-0.3, -0.25) is 4.98 Å². The molecule has 0 spiro atoms. The number of aryl methyl sites for hydroxylation is 1. The predicted molar refractivity (Wildman–Crippen MR) is 76.4 cm³/mol. The first-order valence-corrected chi connectivity index (χ1v) is 5.94. The molecule has 0 saturated carbocycles. The smallest absolute Gasteiger partial charge is 0.0682 e. The van der Waals surface area contributed by atoms with Crippen LogP contribution in [0.5, 0.6) is 0 Å². The van der Waals surface area contributed by atoms with Crippen LogP contribution in [0.3, 0.4) is 0 Å². The molecule has 17 heavy (non-hydrogen) atoms. The van der Waals surface area contributed by atoms with Gasteiger partial charge in [-0.2, -0.15) is 0 Å². The van der Waals surface area contributed by atoms with Crippen molar-refractivity contribution < 1.29 is 0 Å². The Morgan fingerprint density at radius 2 is 2.00 bits per heavy atom.